The quantitative estimate of drug-likeness (QED) is 0.543. The lowest BCUT2D eigenvalue weighted by Gasteiger charge is -2.37. The summed E-state index contributed by atoms with van der Waals surface area (Å²) in [6.07, 6.45) is 0.131. The molecule has 3 N–H and O–H groups in total. The van der Waals surface area contributed by atoms with Crippen molar-refractivity contribution in [3.63, 3.8) is 0 Å². The summed E-state index contributed by atoms with van der Waals surface area (Å²) in [5.74, 6) is 0.701. The van der Waals surface area contributed by atoms with Crippen molar-refractivity contribution < 1.29 is 29.3 Å². The highest BCUT2D eigenvalue weighted by Crippen LogP contribution is 2.29. The molecular formula is C24H35N3O6. The Morgan fingerprint density at radius 3 is 2.42 bits per heavy atom. The molecule has 2 aliphatic heterocycles. The topological polar surface area (TPSA) is 112 Å². The zero-order chi connectivity index (χ0) is 23.4. The molecule has 0 bridgehead atoms. The van der Waals surface area contributed by atoms with Crippen molar-refractivity contribution in [1.29, 1.82) is 0 Å². The van der Waals surface area contributed by atoms with Crippen molar-refractivity contribution in [3.05, 3.63) is 24.3 Å². The number of piperazine rings is 1. The highest BCUT2D eigenvalue weighted by Gasteiger charge is 2.44. The standard InChI is InChI=1S/C24H35N3O6/c1-32-18-9-5-4-8-17(18)26-10-12-27(13-11-26)21(28)14-19-22(29)23(30)20(33-19)15-25-24(31)16-6-2-3-7-16/h4-5,8-9,16,19-20,22-23,29-30H,2-3,6-7,10-15H2,1H3,(H,25,31)/t19-,20+,22-,23+/m0/s1. The number of hydrogen-bond donors (Lipinski definition) is 3. The van der Waals surface area contributed by atoms with Crippen molar-refractivity contribution in [1.82, 2.24) is 10.2 Å². The Kier molecular flexibility index (Phi) is 7.72. The molecule has 33 heavy (non-hydrogen) atoms. The molecule has 1 aliphatic carbocycles. The Morgan fingerprint density at radius 2 is 1.73 bits per heavy atom. The summed E-state index contributed by atoms with van der Waals surface area (Å²) in [5.41, 5.74) is 1.01. The summed E-state index contributed by atoms with van der Waals surface area (Å²) in [4.78, 5) is 29.1. The molecule has 9 nitrogen and oxygen atoms in total. The summed E-state index contributed by atoms with van der Waals surface area (Å²) in [6, 6.07) is 7.82. The number of amides is 2. The molecular weight excluding hydrogens is 426 g/mol. The zero-order valence-corrected chi connectivity index (χ0v) is 19.2. The normalized spacial score (nSPS) is 28.2. The largest absolute Gasteiger partial charge is 0.495 e. The van der Waals surface area contributed by atoms with Crippen molar-refractivity contribution in [2.45, 2.75) is 56.5 Å². The van der Waals surface area contributed by atoms with Crippen LogP contribution in [0.4, 0.5) is 5.69 Å². The number of para-hydroxylation sites is 2. The molecule has 182 valence electrons. The SMILES string of the molecule is COc1ccccc1N1CCN(C(=O)C[C@@H]2O[C@H](CNC(=O)C3CCCC3)[C@@H](O)[C@H]2O)CC1. The smallest absolute Gasteiger partial charge is 0.225 e. The lowest BCUT2D eigenvalue weighted by molar-refractivity contribution is -0.136. The first-order chi connectivity index (χ1) is 16.0. The lowest BCUT2D eigenvalue weighted by atomic mass is 10.0. The van der Waals surface area contributed by atoms with E-state index in [4.69, 9.17) is 9.47 Å². The van der Waals surface area contributed by atoms with E-state index in [9.17, 15) is 19.8 Å². The molecule has 3 aliphatic rings. The molecule has 1 aromatic carbocycles. The average Bonchev–Trinajstić information content (AvgIpc) is 3.48. The van der Waals surface area contributed by atoms with E-state index in [1.54, 1.807) is 12.0 Å². The summed E-state index contributed by atoms with van der Waals surface area (Å²) >= 11 is 0. The summed E-state index contributed by atoms with van der Waals surface area (Å²) < 4.78 is 11.2. The fourth-order valence-corrected chi connectivity index (χ4v) is 5.09. The minimum Gasteiger partial charge on any atom is -0.495 e. The number of carbonyl (C=O) groups excluding carboxylic acids is 2. The third-order valence-electron chi connectivity index (χ3n) is 7.10. The maximum atomic E-state index is 12.9. The lowest BCUT2D eigenvalue weighted by Crippen LogP contribution is -2.50. The third kappa shape index (κ3) is 5.42. The number of aliphatic hydroxyl groups excluding tert-OH is 2. The molecule has 0 spiro atoms. The maximum absolute atomic E-state index is 12.9. The van der Waals surface area contributed by atoms with Crippen LogP contribution in [0, 0.1) is 5.92 Å². The highest BCUT2D eigenvalue weighted by atomic mass is 16.5. The van der Waals surface area contributed by atoms with Gasteiger partial charge >= 0.3 is 0 Å². The van der Waals surface area contributed by atoms with E-state index in [-0.39, 0.29) is 30.7 Å². The van der Waals surface area contributed by atoms with Crippen LogP contribution < -0.4 is 15.0 Å². The number of nitrogens with zero attached hydrogens (tertiary/aromatic N) is 2. The Labute approximate surface area is 194 Å². The van der Waals surface area contributed by atoms with Crippen LogP contribution in [0.2, 0.25) is 0 Å². The van der Waals surface area contributed by atoms with Gasteiger partial charge in [0.1, 0.15) is 24.1 Å². The molecule has 9 heteroatoms. The zero-order valence-electron chi connectivity index (χ0n) is 19.2. The molecule has 0 radical (unpaired) electrons. The fourth-order valence-electron chi connectivity index (χ4n) is 5.09. The number of nitrogens with one attached hydrogen (secondary N) is 1. The van der Waals surface area contributed by atoms with E-state index in [0.29, 0.717) is 26.2 Å². The highest BCUT2D eigenvalue weighted by molar-refractivity contribution is 5.79. The van der Waals surface area contributed by atoms with Crippen molar-refractivity contribution in [2.75, 3.05) is 44.7 Å². The van der Waals surface area contributed by atoms with Gasteiger partial charge in [-0.25, -0.2) is 0 Å². The van der Waals surface area contributed by atoms with Gasteiger partial charge in [0.15, 0.2) is 0 Å². The Balaban J connectivity index is 1.25. The number of benzene rings is 1. The Hall–Kier alpha value is -2.36. The van der Waals surface area contributed by atoms with Gasteiger partial charge in [0.2, 0.25) is 11.8 Å². The van der Waals surface area contributed by atoms with E-state index < -0.39 is 24.4 Å². The Morgan fingerprint density at radius 1 is 1.06 bits per heavy atom. The fraction of sp³-hybridized carbons (Fsp3) is 0.667. The minimum atomic E-state index is -1.16. The van der Waals surface area contributed by atoms with Crippen LogP contribution in [-0.2, 0) is 14.3 Å². The maximum Gasteiger partial charge on any atom is 0.225 e. The summed E-state index contributed by atoms with van der Waals surface area (Å²) in [5, 5.41) is 23.6. The van der Waals surface area contributed by atoms with Crippen molar-refractivity contribution in [2.24, 2.45) is 5.92 Å². The first kappa shape index (κ1) is 23.8. The number of methoxy groups -OCH3 is 1. The van der Waals surface area contributed by atoms with Gasteiger partial charge in [-0.15, -0.1) is 0 Å². The van der Waals surface area contributed by atoms with Gasteiger partial charge in [-0.1, -0.05) is 25.0 Å². The third-order valence-corrected chi connectivity index (χ3v) is 7.10. The number of hydrogen-bond acceptors (Lipinski definition) is 7. The predicted molar refractivity (Wildman–Crippen MR) is 122 cm³/mol. The number of ether oxygens (including phenoxy) is 2. The molecule has 1 saturated carbocycles. The van der Waals surface area contributed by atoms with E-state index in [1.165, 1.54) is 0 Å². The van der Waals surface area contributed by atoms with E-state index in [0.717, 1.165) is 37.1 Å². The second-order valence-corrected chi connectivity index (χ2v) is 9.16. The number of anilines is 1. The Bertz CT molecular complexity index is 822. The predicted octanol–water partition coefficient (Wildman–Crippen LogP) is 0.530. The van der Waals surface area contributed by atoms with Crippen LogP contribution in [0.25, 0.3) is 0 Å². The molecule has 2 saturated heterocycles. The number of carbonyl (C=O) groups is 2. The van der Waals surface area contributed by atoms with Gasteiger partial charge in [-0.05, 0) is 25.0 Å². The van der Waals surface area contributed by atoms with Crippen LogP contribution in [-0.4, -0.2) is 91.2 Å². The summed E-state index contributed by atoms with van der Waals surface area (Å²) in [6.45, 7) is 2.61. The van der Waals surface area contributed by atoms with Gasteiger partial charge in [0.25, 0.3) is 0 Å². The number of aliphatic hydroxyl groups is 2. The molecule has 1 aromatic rings. The van der Waals surface area contributed by atoms with Crippen LogP contribution in [0.15, 0.2) is 24.3 Å². The summed E-state index contributed by atoms with van der Waals surface area (Å²) in [7, 11) is 1.65. The molecule has 0 unspecified atom stereocenters. The van der Waals surface area contributed by atoms with E-state index in [1.807, 2.05) is 24.3 Å². The van der Waals surface area contributed by atoms with Gasteiger partial charge in [-0.2, -0.15) is 0 Å². The van der Waals surface area contributed by atoms with Gasteiger partial charge < -0.3 is 34.8 Å². The average molecular weight is 462 g/mol. The number of rotatable bonds is 7. The first-order valence-electron chi connectivity index (χ1n) is 11.9. The van der Waals surface area contributed by atoms with E-state index in [2.05, 4.69) is 10.2 Å². The molecule has 2 amide bonds. The van der Waals surface area contributed by atoms with Crippen LogP contribution in [0.5, 0.6) is 5.75 Å². The minimum absolute atomic E-state index is 0.0000435. The molecule has 4 atom stereocenters. The first-order valence-corrected chi connectivity index (χ1v) is 11.9. The molecule has 4 rings (SSSR count). The molecule has 3 fully saturated rings. The van der Waals surface area contributed by atoms with Gasteiger partial charge in [0.05, 0.1) is 25.3 Å². The van der Waals surface area contributed by atoms with Crippen molar-refractivity contribution >= 4 is 17.5 Å². The monoisotopic (exact) mass is 461 g/mol. The van der Waals surface area contributed by atoms with Crippen LogP contribution in [0.1, 0.15) is 32.1 Å². The second kappa shape index (κ2) is 10.7. The van der Waals surface area contributed by atoms with Gasteiger partial charge in [-0.3, -0.25) is 9.59 Å². The van der Waals surface area contributed by atoms with Crippen LogP contribution >= 0.6 is 0 Å². The second-order valence-electron chi connectivity index (χ2n) is 9.16. The van der Waals surface area contributed by atoms with Gasteiger partial charge in [0, 0.05) is 38.6 Å². The molecule has 2 heterocycles. The molecule has 0 aromatic heterocycles. The van der Waals surface area contributed by atoms with Crippen molar-refractivity contribution in [3.8, 4) is 5.75 Å². The van der Waals surface area contributed by atoms with E-state index >= 15 is 0 Å². The van der Waals surface area contributed by atoms with Crippen LogP contribution in [0.3, 0.4) is 0 Å².